The summed E-state index contributed by atoms with van der Waals surface area (Å²) in [7, 11) is -4.31. The molecule has 1 unspecified atom stereocenters. The summed E-state index contributed by atoms with van der Waals surface area (Å²) >= 11 is 0. The smallest absolute Gasteiger partial charge is 0.246 e. The van der Waals surface area contributed by atoms with E-state index in [4.69, 9.17) is 4.74 Å². The van der Waals surface area contributed by atoms with Gasteiger partial charge in [-0.15, -0.1) is 0 Å². The summed E-state index contributed by atoms with van der Waals surface area (Å²) in [4.78, 5) is 12.9. The summed E-state index contributed by atoms with van der Waals surface area (Å²) in [6.45, 7) is 1.11. The molecule has 25 heavy (non-hydrogen) atoms. The van der Waals surface area contributed by atoms with Crippen molar-refractivity contribution in [2.45, 2.75) is 11.3 Å². The molecule has 2 heterocycles. The highest BCUT2D eigenvalue weighted by atomic mass is 32.2. The molecule has 2 saturated heterocycles. The average molecular weight is 378 g/mol. The first-order chi connectivity index (χ1) is 11.8. The molecule has 0 saturated carbocycles. The van der Waals surface area contributed by atoms with Crippen LogP contribution in [0.2, 0.25) is 0 Å². The maximum Gasteiger partial charge on any atom is 0.246 e. The lowest BCUT2D eigenvalue weighted by molar-refractivity contribution is -0.136. The van der Waals surface area contributed by atoms with Crippen LogP contribution in [0, 0.1) is 23.4 Å². The quantitative estimate of drug-likeness (QED) is 0.736. The van der Waals surface area contributed by atoms with Crippen LogP contribution in [0.3, 0.4) is 0 Å². The number of sulfonamides is 1. The molecule has 6 nitrogen and oxygen atoms in total. The van der Waals surface area contributed by atoms with Crippen molar-refractivity contribution in [1.29, 1.82) is 0 Å². The van der Waals surface area contributed by atoms with E-state index in [0.29, 0.717) is 31.8 Å². The fourth-order valence-corrected chi connectivity index (χ4v) is 4.46. The molecule has 1 amide bonds. The van der Waals surface area contributed by atoms with Gasteiger partial charge in [-0.05, 0) is 18.6 Å². The maximum atomic E-state index is 13.8. The second-order valence-corrected chi connectivity index (χ2v) is 7.87. The van der Waals surface area contributed by atoms with Gasteiger partial charge in [0.15, 0.2) is 17.5 Å². The Morgan fingerprint density at radius 2 is 1.76 bits per heavy atom. The first-order valence-corrected chi connectivity index (χ1v) is 9.26. The third-order valence-electron chi connectivity index (χ3n) is 4.45. The average Bonchev–Trinajstić information content (AvgIpc) is 3.13. The highest BCUT2D eigenvalue weighted by Crippen LogP contribution is 2.24. The van der Waals surface area contributed by atoms with E-state index in [1.54, 1.807) is 4.90 Å². The summed E-state index contributed by atoms with van der Waals surface area (Å²) in [6.07, 6.45) is 0.636. The number of amides is 1. The number of carbonyl (C=O) groups excluding carboxylic acids is 1. The number of hydrogen-bond donors (Lipinski definition) is 0. The van der Waals surface area contributed by atoms with E-state index in [1.807, 2.05) is 0 Å². The van der Waals surface area contributed by atoms with Crippen LogP contribution in [0.25, 0.3) is 0 Å². The van der Waals surface area contributed by atoms with Crippen LogP contribution >= 0.6 is 0 Å². The van der Waals surface area contributed by atoms with Crippen molar-refractivity contribution in [2.24, 2.45) is 5.92 Å². The molecule has 1 aromatic carbocycles. The molecule has 2 fully saturated rings. The summed E-state index contributed by atoms with van der Waals surface area (Å²) in [5.74, 6) is -5.32. The molecule has 1 aromatic rings. The molecule has 0 N–H and O–H groups in total. The lowest BCUT2D eigenvalue weighted by Crippen LogP contribution is -2.52. The van der Waals surface area contributed by atoms with Crippen LogP contribution in [0.5, 0.6) is 0 Å². The molecule has 0 aromatic heterocycles. The minimum Gasteiger partial charge on any atom is -0.381 e. The Morgan fingerprint density at radius 3 is 2.36 bits per heavy atom. The minimum absolute atomic E-state index is 0.0416. The zero-order chi connectivity index (χ0) is 18.2. The van der Waals surface area contributed by atoms with Crippen LogP contribution in [-0.2, 0) is 19.6 Å². The molecule has 138 valence electrons. The van der Waals surface area contributed by atoms with E-state index in [9.17, 15) is 26.4 Å². The highest BCUT2D eigenvalue weighted by Gasteiger charge is 2.35. The van der Waals surface area contributed by atoms with E-state index in [0.717, 1.165) is 4.31 Å². The van der Waals surface area contributed by atoms with Crippen molar-refractivity contribution in [3.8, 4) is 0 Å². The Balaban J connectivity index is 1.71. The number of rotatable bonds is 3. The molecule has 0 spiro atoms. The summed E-state index contributed by atoms with van der Waals surface area (Å²) < 4.78 is 71.3. The topological polar surface area (TPSA) is 66.9 Å². The van der Waals surface area contributed by atoms with Gasteiger partial charge in [-0.3, -0.25) is 4.79 Å². The normalized spacial score (nSPS) is 22.4. The molecule has 1 atom stereocenters. The largest absolute Gasteiger partial charge is 0.381 e. The SMILES string of the molecule is O=C(C1CCOC1)N1CCN(S(=O)(=O)c2ccc(F)c(F)c2F)CC1. The number of nitrogens with zero attached hydrogens (tertiary/aromatic N) is 2. The van der Waals surface area contributed by atoms with Gasteiger partial charge in [0.1, 0.15) is 4.90 Å². The van der Waals surface area contributed by atoms with Crippen LogP contribution in [0.1, 0.15) is 6.42 Å². The van der Waals surface area contributed by atoms with E-state index in [2.05, 4.69) is 0 Å². The molecule has 0 bridgehead atoms. The first kappa shape index (κ1) is 18.2. The van der Waals surface area contributed by atoms with Crippen molar-refractivity contribution in [3.63, 3.8) is 0 Å². The predicted molar refractivity (Wildman–Crippen MR) is 80.6 cm³/mol. The van der Waals surface area contributed by atoms with Crippen molar-refractivity contribution in [3.05, 3.63) is 29.6 Å². The molecule has 3 rings (SSSR count). The van der Waals surface area contributed by atoms with Gasteiger partial charge in [0.2, 0.25) is 15.9 Å². The predicted octanol–water partition coefficient (Wildman–Crippen LogP) is 0.973. The summed E-state index contributed by atoms with van der Waals surface area (Å²) in [5.41, 5.74) is 0. The first-order valence-electron chi connectivity index (χ1n) is 7.82. The van der Waals surface area contributed by atoms with Crippen LogP contribution in [0.15, 0.2) is 17.0 Å². The second-order valence-electron chi connectivity index (χ2n) is 5.96. The number of hydrogen-bond acceptors (Lipinski definition) is 4. The minimum atomic E-state index is -4.31. The zero-order valence-corrected chi connectivity index (χ0v) is 14.1. The summed E-state index contributed by atoms with van der Waals surface area (Å²) in [5, 5.41) is 0. The lowest BCUT2D eigenvalue weighted by Gasteiger charge is -2.35. The van der Waals surface area contributed by atoms with E-state index >= 15 is 0 Å². The van der Waals surface area contributed by atoms with E-state index in [-0.39, 0.29) is 38.0 Å². The van der Waals surface area contributed by atoms with Crippen molar-refractivity contribution >= 4 is 15.9 Å². The van der Waals surface area contributed by atoms with Gasteiger partial charge < -0.3 is 9.64 Å². The second kappa shape index (κ2) is 6.93. The fourth-order valence-electron chi connectivity index (χ4n) is 2.98. The number of piperazine rings is 1. The van der Waals surface area contributed by atoms with Crippen molar-refractivity contribution < 1.29 is 31.1 Å². The van der Waals surface area contributed by atoms with Crippen molar-refractivity contribution in [2.75, 3.05) is 39.4 Å². The lowest BCUT2D eigenvalue weighted by atomic mass is 10.1. The molecule has 0 radical (unpaired) electrons. The Labute approximate surface area is 143 Å². The van der Waals surface area contributed by atoms with Crippen molar-refractivity contribution in [1.82, 2.24) is 9.21 Å². The van der Waals surface area contributed by atoms with Gasteiger partial charge >= 0.3 is 0 Å². The van der Waals surface area contributed by atoms with Gasteiger partial charge in [-0.2, -0.15) is 4.31 Å². The molecule has 0 aliphatic carbocycles. The van der Waals surface area contributed by atoms with Gasteiger partial charge in [0.25, 0.3) is 0 Å². The van der Waals surface area contributed by atoms with Crippen LogP contribution < -0.4 is 0 Å². The standard InChI is InChI=1S/C15H17F3N2O4S/c16-11-1-2-12(14(18)13(11)17)25(22,23)20-6-4-19(5-7-20)15(21)10-3-8-24-9-10/h1-2,10H,3-9H2. The molecule has 2 aliphatic rings. The monoisotopic (exact) mass is 378 g/mol. The molecular formula is C15H17F3N2O4S. The molecule has 2 aliphatic heterocycles. The van der Waals surface area contributed by atoms with Crippen LogP contribution in [-0.4, -0.2) is 62.9 Å². The number of carbonyl (C=O) groups is 1. The molecule has 10 heteroatoms. The van der Waals surface area contributed by atoms with Crippen LogP contribution in [0.4, 0.5) is 13.2 Å². The Morgan fingerprint density at radius 1 is 1.08 bits per heavy atom. The number of halogens is 3. The van der Waals surface area contributed by atoms with E-state index in [1.165, 1.54) is 0 Å². The Kier molecular flexibility index (Phi) is 5.03. The van der Waals surface area contributed by atoms with Gasteiger partial charge in [0.05, 0.1) is 12.5 Å². The third-order valence-corrected chi connectivity index (χ3v) is 6.36. The summed E-state index contributed by atoms with van der Waals surface area (Å²) in [6, 6.07) is 1.28. The maximum absolute atomic E-state index is 13.8. The number of ether oxygens (including phenoxy) is 1. The van der Waals surface area contributed by atoms with Gasteiger partial charge in [-0.1, -0.05) is 0 Å². The van der Waals surface area contributed by atoms with E-state index < -0.39 is 32.4 Å². The number of benzene rings is 1. The Bertz CT molecular complexity index is 773. The fraction of sp³-hybridized carbons (Fsp3) is 0.533. The molecular weight excluding hydrogens is 361 g/mol. The highest BCUT2D eigenvalue weighted by molar-refractivity contribution is 7.89. The third kappa shape index (κ3) is 3.38. The Hall–Kier alpha value is -1.65. The van der Waals surface area contributed by atoms with Gasteiger partial charge in [-0.25, -0.2) is 21.6 Å². The van der Waals surface area contributed by atoms with Gasteiger partial charge in [0, 0.05) is 32.8 Å². The zero-order valence-electron chi connectivity index (χ0n) is 13.3.